The lowest BCUT2D eigenvalue weighted by atomic mass is 10.2. The van der Waals surface area contributed by atoms with E-state index in [0.29, 0.717) is 12.2 Å². The zero-order valence-electron chi connectivity index (χ0n) is 12.1. The molecule has 22 heavy (non-hydrogen) atoms. The third-order valence-electron chi connectivity index (χ3n) is 3.22. The molecular weight excluding hydrogens is 294 g/mol. The Hall–Kier alpha value is -2.53. The van der Waals surface area contributed by atoms with Gasteiger partial charge in [-0.25, -0.2) is 4.98 Å². The second-order valence-corrected chi connectivity index (χ2v) is 5.87. The summed E-state index contributed by atoms with van der Waals surface area (Å²) in [5.74, 6) is -0.172. The molecule has 5 heteroatoms. The van der Waals surface area contributed by atoms with Gasteiger partial charge in [0.2, 0.25) is 0 Å². The highest BCUT2D eigenvalue weighted by Crippen LogP contribution is 2.27. The number of hydrogen-bond acceptors (Lipinski definition) is 4. The molecule has 1 aromatic carbocycles. The number of aromatic nitrogens is 2. The summed E-state index contributed by atoms with van der Waals surface area (Å²) in [6, 6.07) is 15.3. The van der Waals surface area contributed by atoms with Crippen molar-refractivity contribution in [1.82, 2.24) is 15.3 Å². The summed E-state index contributed by atoms with van der Waals surface area (Å²) in [6.07, 6.45) is 1.61. The fourth-order valence-electron chi connectivity index (χ4n) is 2.04. The molecule has 0 aliphatic heterocycles. The zero-order chi connectivity index (χ0) is 15.4. The number of benzene rings is 1. The topological polar surface area (TPSA) is 54.9 Å². The number of thiazole rings is 1. The van der Waals surface area contributed by atoms with Gasteiger partial charge in [-0.1, -0.05) is 36.4 Å². The van der Waals surface area contributed by atoms with Gasteiger partial charge in [0.15, 0.2) is 0 Å². The Balaban J connectivity index is 1.71. The molecule has 1 N–H and O–H groups in total. The minimum absolute atomic E-state index is 0.172. The molecule has 0 saturated carbocycles. The number of pyridine rings is 1. The third kappa shape index (κ3) is 3.20. The average Bonchev–Trinajstić information content (AvgIpc) is 2.95. The molecular formula is C17H15N3OS. The Kier molecular flexibility index (Phi) is 4.25. The first-order valence-electron chi connectivity index (χ1n) is 6.95. The van der Waals surface area contributed by atoms with Crippen LogP contribution in [0.15, 0.2) is 54.7 Å². The van der Waals surface area contributed by atoms with E-state index in [2.05, 4.69) is 15.3 Å². The van der Waals surface area contributed by atoms with Gasteiger partial charge in [0, 0.05) is 16.6 Å². The molecule has 3 rings (SSSR count). The number of carbonyl (C=O) groups is 1. The Morgan fingerprint density at radius 1 is 1.14 bits per heavy atom. The molecule has 0 spiro atoms. The lowest BCUT2D eigenvalue weighted by molar-refractivity contribution is 0.0946. The highest BCUT2D eigenvalue weighted by atomic mass is 32.1. The van der Waals surface area contributed by atoms with E-state index in [0.717, 1.165) is 21.1 Å². The molecule has 110 valence electrons. The van der Waals surface area contributed by atoms with E-state index < -0.39 is 0 Å². The molecule has 0 fully saturated rings. The van der Waals surface area contributed by atoms with Gasteiger partial charge in [-0.3, -0.25) is 9.78 Å². The Labute approximate surface area is 132 Å². The summed E-state index contributed by atoms with van der Waals surface area (Å²) >= 11 is 1.60. The smallest absolute Gasteiger partial charge is 0.270 e. The van der Waals surface area contributed by atoms with Crippen molar-refractivity contribution in [2.75, 3.05) is 0 Å². The minimum Gasteiger partial charge on any atom is -0.346 e. The number of aryl methyl sites for hydroxylation is 1. The lowest BCUT2D eigenvalue weighted by Crippen LogP contribution is -2.23. The van der Waals surface area contributed by atoms with Crippen LogP contribution in [0.2, 0.25) is 0 Å². The van der Waals surface area contributed by atoms with Gasteiger partial charge in [0.1, 0.15) is 10.7 Å². The van der Waals surface area contributed by atoms with Crippen LogP contribution < -0.4 is 5.32 Å². The Morgan fingerprint density at radius 2 is 1.91 bits per heavy atom. The summed E-state index contributed by atoms with van der Waals surface area (Å²) < 4.78 is 0. The van der Waals surface area contributed by atoms with Crippen LogP contribution in [-0.4, -0.2) is 15.9 Å². The SMILES string of the molecule is Cc1nc(-c2ccccc2)sc1CNC(=O)c1ccccn1. The number of nitrogens with zero attached hydrogens (tertiary/aromatic N) is 2. The molecule has 0 aliphatic rings. The summed E-state index contributed by atoms with van der Waals surface area (Å²) in [6.45, 7) is 2.43. The van der Waals surface area contributed by atoms with Gasteiger partial charge in [0.05, 0.1) is 12.2 Å². The maximum atomic E-state index is 12.0. The molecule has 0 bridgehead atoms. The predicted octanol–water partition coefficient (Wildman–Crippen LogP) is 3.44. The summed E-state index contributed by atoms with van der Waals surface area (Å²) in [4.78, 5) is 21.7. The average molecular weight is 309 g/mol. The summed E-state index contributed by atoms with van der Waals surface area (Å²) in [7, 11) is 0. The van der Waals surface area contributed by atoms with Crippen molar-refractivity contribution >= 4 is 17.2 Å². The maximum absolute atomic E-state index is 12.0. The van der Waals surface area contributed by atoms with Crippen molar-refractivity contribution in [1.29, 1.82) is 0 Å². The molecule has 2 heterocycles. The molecule has 0 unspecified atom stereocenters. The van der Waals surface area contributed by atoms with Crippen LogP contribution in [0.5, 0.6) is 0 Å². The molecule has 4 nitrogen and oxygen atoms in total. The number of hydrogen-bond donors (Lipinski definition) is 1. The fraction of sp³-hybridized carbons (Fsp3) is 0.118. The Bertz CT molecular complexity index is 769. The van der Waals surface area contributed by atoms with Gasteiger partial charge >= 0.3 is 0 Å². The molecule has 3 aromatic rings. The molecule has 0 atom stereocenters. The van der Waals surface area contributed by atoms with Gasteiger partial charge in [-0.15, -0.1) is 11.3 Å². The third-order valence-corrected chi connectivity index (χ3v) is 4.43. The second kappa shape index (κ2) is 6.49. The predicted molar refractivity (Wildman–Crippen MR) is 87.7 cm³/mol. The van der Waals surface area contributed by atoms with Crippen molar-refractivity contribution in [2.24, 2.45) is 0 Å². The van der Waals surface area contributed by atoms with Crippen LogP contribution in [0.4, 0.5) is 0 Å². The van der Waals surface area contributed by atoms with Crippen LogP contribution in [0.3, 0.4) is 0 Å². The van der Waals surface area contributed by atoms with Crippen molar-refractivity contribution in [3.63, 3.8) is 0 Å². The molecule has 2 aromatic heterocycles. The van der Waals surface area contributed by atoms with Crippen molar-refractivity contribution in [2.45, 2.75) is 13.5 Å². The van der Waals surface area contributed by atoms with Crippen LogP contribution in [0.1, 0.15) is 21.1 Å². The lowest BCUT2D eigenvalue weighted by Gasteiger charge is -2.03. The molecule has 0 aliphatic carbocycles. The van der Waals surface area contributed by atoms with Gasteiger partial charge in [0.25, 0.3) is 5.91 Å². The van der Waals surface area contributed by atoms with E-state index >= 15 is 0 Å². The first-order valence-corrected chi connectivity index (χ1v) is 7.76. The number of rotatable bonds is 4. The highest BCUT2D eigenvalue weighted by Gasteiger charge is 2.11. The standard InChI is InChI=1S/C17H15N3OS/c1-12-15(11-19-16(21)14-9-5-6-10-18-14)22-17(20-12)13-7-3-2-4-8-13/h2-10H,11H2,1H3,(H,19,21). The first-order chi connectivity index (χ1) is 10.7. The maximum Gasteiger partial charge on any atom is 0.270 e. The normalized spacial score (nSPS) is 10.4. The first kappa shape index (κ1) is 14.4. The zero-order valence-corrected chi connectivity index (χ0v) is 12.9. The van der Waals surface area contributed by atoms with E-state index in [4.69, 9.17) is 0 Å². The van der Waals surface area contributed by atoms with Gasteiger partial charge < -0.3 is 5.32 Å². The van der Waals surface area contributed by atoms with Gasteiger partial charge in [-0.05, 0) is 19.1 Å². The molecule has 0 saturated heterocycles. The van der Waals surface area contributed by atoms with Crippen LogP contribution in [0.25, 0.3) is 10.6 Å². The molecule has 1 amide bonds. The summed E-state index contributed by atoms with van der Waals surface area (Å²) in [5, 5.41) is 3.86. The van der Waals surface area contributed by atoms with Crippen LogP contribution in [-0.2, 0) is 6.54 Å². The van der Waals surface area contributed by atoms with E-state index in [-0.39, 0.29) is 5.91 Å². The second-order valence-electron chi connectivity index (χ2n) is 4.79. The van der Waals surface area contributed by atoms with E-state index in [1.807, 2.05) is 37.3 Å². The van der Waals surface area contributed by atoms with E-state index in [9.17, 15) is 4.79 Å². The van der Waals surface area contributed by atoms with Crippen molar-refractivity contribution in [3.8, 4) is 10.6 Å². The van der Waals surface area contributed by atoms with Crippen LogP contribution >= 0.6 is 11.3 Å². The number of nitrogens with one attached hydrogen (secondary N) is 1. The largest absolute Gasteiger partial charge is 0.346 e. The fourth-order valence-corrected chi connectivity index (χ4v) is 3.05. The number of carbonyl (C=O) groups excluding carboxylic acids is 1. The molecule has 0 radical (unpaired) electrons. The minimum atomic E-state index is -0.172. The quantitative estimate of drug-likeness (QED) is 0.803. The number of amides is 1. The highest BCUT2D eigenvalue weighted by molar-refractivity contribution is 7.15. The summed E-state index contributed by atoms with van der Waals surface area (Å²) in [5.41, 5.74) is 2.47. The monoisotopic (exact) mass is 309 g/mol. The van der Waals surface area contributed by atoms with Crippen molar-refractivity contribution in [3.05, 3.63) is 71.0 Å². The van der Waals surface area contributed by atoms with E-state index in [1.54, 1.807) is 35.7 Å². The van der Waals surface area contributed by atoms with Crippen LogP contribution in [0, 0.1) is 6.92 Å². The van der Waals surface area contributed by atoms with Gasteiger partial charge in [-0.2, -0.15) is 0 Å². The van der Waals surface area contributed by atoms with E-state index in [1.165, 1.54) is 0 Å². The van der Waals surface area contributed by atoms with Crippen molar-refractivity contribution < 1.29 is 4.79 Å². The Morgan fingerprint density at radius 3 is 2.64 bits per heavy atom.